The van der Waals surface area contributed by atoms with Gasteiger partial charge in [0.25, 0.3) is 0 Å². The highest BCUT2D eigenvalue weighted by Crippen LogP contribution is 2.32. The number of halogens is 3. The fourth-order valence-electron chi connectivity index (χ4n) is 2.95. The maximum Gasteiger partial charge on any atom is 0.393 e. The lowest BCUT2D eigenvalue weighted by Crippen LogP contribution is -2.52. The van der Waals surface area contributed by atoms with Crippen LogP contribution in [0.15, 0.2) is 0 Å². The molecule has 2 aliphatic rings. The monoisotopic (exact) mass is 294 g/mol. The average Bonchev–Trinajstić information content (AvgIpc) is 2.86. The molecule has 0 saturated carbocycles. The molecule has 0 bridgehead atoms. The Morgan fingerprint density at radius 2 is 2.05 bits per heavy atom. The van der Waals surface area contributed by atoms with Crippen LogP contribution in [0.1, 0.15) is 26.2 Å². The third-order valence-corrected chi connectivity index (χ3v) is 4.39. The van der Waals surface area contributed by atoms with E-state index in [9.17, 15) is 23.1 Å². The van der Waals surface area contributed by atoms with E-state index in [1.54, 1.807) is 11.8 Å². The molecule has 2 aliphatic heterocycles. The van der Waals surface area contributed by atoms with E-state index >= 15 is 0 Å². The second kappa shape index (κ2) is 5.89. The number of nitrogens with zero attached hydrogens (tertiary/aromatic N) is 1. The molecule has 0 aromatic rings. The molecule has 2 rings (SSSR count). The van der Waals surface area contributed by atoms with Crippen LogP contribution in [0.5, 0.6) is 0 Å². The second-order valence-electron chi connectivity index (χ2n) is 5.85. The molecule has 116 valence electrons. The summed E-state index contributed by atoms with van der Waals surface area (Å²) >= 11 is 0. The minimum Gasteiger partial charge on any atom is -0.393 e. The number of carbonyl (C=O) groups excluding carboxylic acids is 1. The minimum absolute atomic E-state index is 0.000573. The zero-order chi connectivity index (χ0) is 14.9. The fraction of sp³-hybridized carbons (Fsp3) is 0.923. The molecule has 2 heterocycles. The zero-order valence-electron chi connectivity index (χ0n) is 11.5. The summed E-state index contributed by atoms with van der Waals surface area (Å²) in [6.07, 6.45) is -3.67. The van der Waals surface area contributed by atoms with Gasteiger partial charge in [0.05, 0.1) is 18.1 Å². The first-order valence-electron chi connectivity index (χ1n) is 7.06. The van der Waals surface area contributed by atoms with E-state index in [2.05, 4.69) is 5.32 Å². The number of hydrogen-bond acceptors (Lipinski definition) is 3. The Hall–Kier alpha value is -0.820. The summed E-state index contributed by atoms with van der Waals surface area (Å²) in [5, 5.41) is 12.2. The number of nitrogens with one attached hydrogen (secondary N) is 1. The molecule has 0 radical (unpaired) electrons. The Kier molecular flexibility index (Phi) is 4.59. The molecule has 4 nitrogen and oxygen atoms in total. The molecule has 0 aliphatic carbocycles. The van der Waals surface area contributed by atoms with Crippen molar-refractivity contribution in [2.75, 3.05) is 19.6 Å². The van der Waals surface area contributed by atoms with Gasteiger partial charge in [-0.1, -0.05) is 0 Å². The first-order valence-corrected chi connectivity index (χ1v) is 7.06. The summed E-state index contributed by atoms with van der Waals surface area (Å²) in [6, 6.07) is -0.513. The first-order chi connectivity index (χ1) is 9.29. The fourth-order valence-corrected chi connectivity index (χ4v) is 2.95. The zero-order valence-corrected chi connectivity index (χ0v) is 11.5. The van der Waals surface area contributed by atoms with Crippen molar-refractivity contribution in [2.45, 2.75) is 44.5 Å². The molecule has 0 aromatic carbocycles. The van der Waals surface area contributed by atoms with Crippen molar-refractivity contribution in [1.82, 2.24) is 10.2 Å². The molecular formula is C13H21F3N2O2. The summed E-state index contributed by atoms with van der Waals surface area (Å²) in [5.74, 6) is -1.41. The van der Waals surface area contributed by atoms with Crippen LogP contribution in [0, 0.1) is 11.8 Å². The molecule has 0 aromatic heterocycles. The van der Waals surface area contributed by atoms with Gasteiger partial charge in [-0.15, -0.1) is 0 Å². The summed E-state index contributed by atoms with van der Waals surface area (Å²) in [6.45, 7) is 2.59. The first kappa shape index (κ1) is 15.6. The van der Waals surface area contributed by atoms with Gasteiger partial charge in [0.2, 0.25) is 5.91 Å². The van der Waals surface area contributed by atoms with Gasteiger partial charge in [-0.05, 0) is 26.2 Å². The summed E-state index contributed by atoms with van der Waals surface area (Å²) in [7, 11) is 0. The Labute approximate surface area is 116 Å². The Morgan fingerprint density at radius 1 is 1.35 bits per heavy atom. The largest absolute Gasteiger partial charge is 0.393 e. The predicted octanol–water partition coefficient (Wildman–Crippen LogP) is 1.15. The third-order valence-electron chi connectivity index (χ3n) is 4.39. The lowest BCUT2D eigenvalue weighted by atomic mass is 9.93. The van der Waals surface area contributed by atoms with E-state index in [0.29, 0.717) is 13.1 Å². The highest BCUT2D eigenvalue weighted by molar-refractivity contribution is 5.82. The summed E-state index contributed by atoms with van der Waals surface area (Å²) < 4.78 is 37.6. The molecule has 2 N–H and O–H groups in total. The topological polar surface area (TPSA) is 52.6 Å². The van der Waals surface area contributed by atoms with Crippen LogP contribution < -0.4 is 5.32 Å². The summed E-state index contributed by atoms with van der Waals surface area (Å²) in [5.41, 5.74) is 0. The van der Waals surface area contributed by atoms with Gasteiger partial charge in [0, 0.05) is 25.6 Å². The van der Waals surface area contributed by atoms with E-state index in [4.69, 9.17) is 0 Å². The number of carbonyl (C=O) groups is 1. The maximum absolute atomic E-state index is 12.5. The number of piperidine rings is 1. The van der Waals surface area contributed by atoms with Crippen LogP contribution in [0.3, 0.4) is 0 Å². The predicted molar refractivity (Wildman–Crippen MR) is 66.9 cm³/mol. The van der Waals surface area contributed by atoms with Crippen LogP contribution in [-0.4, -0.2) is 53.9 Å². The molecule has 2 saturated heterocycles. The lowest BCUT2D eigenvalue weighted by Gasteiger charge is -2.32. The molecule has 4 unspecified atom stereocenters. The molecule has 7 heteroatoms. The van der Waals surface area contributed by atoms with Crippen molar-refractivity contribution in [3.05, 3.63) is 0 Å². The quantitative estimate of drug-likeness (QED) is 0.803. The molecule has 20 heavy (non-hydrogen) atoms. The number of hydrogen-bond donors (Lipinski definition) is 2. The van der Waals surface area contributed by atoms with Crippen LogP contribution in [0.4, 0.5) is 13.2 Å². The normalized spacial score (nSPS) is 33.2. The third kappa shape index (κ3) is 3.44. The Morgan fingerprint density at radius 3 is 2.50 bits per heavy atom. The van der Waals surface area contributed by atoms with Crippen LogP contribution in [0.25, 0.3) is 0 Å². The van der Waals surface area contributed by atoms with Crippen molar-refractivity contribution in [3.63, 3.8) is 0 Å². The highest BCUT2D eigenvalue weighted by atomic mass is 19.4. The van der Waals surface area contributed by atoms with Crippen LogP contribution >= 0.6 is 0 Å². The maximum atomic E-state index is 12.5. The number of amides is 1. The van der Waals surface area contributed by atoms with Crippen molar-refractivity contribution in [2.24, 2.45) is 11.8 Å². The second-order valence-corrected chi connectivity index (χ2v) is 5.85. The number of likely N-dealkylation sites (tertiary alicyclic amines) is 1. The molecular weight excluding hydrogens is 273 g/mol. The Balaban J connectivity index is 1.84. The van der Waals surface area contributed by atoms with Crippen LogP contribution in [0.2, 0.25) is 0 Å². The van der Waals surface area contributed by atoms with E-state index in [-0.39, 0.29) is 31.2 Å². The molecule has 0 spiro atoms. The summed E-state index contributed by atoms with van der Waals surface area (Å²) in [4.78, 5) is 13.9. The molecule has 2 fully saturated rings. The van der Waals surface area contributed by atoms with E-state index in [1.165, 1.54) is 0 Å². The van der Waals surface area contributed by atoms with Gasteiger partial charge >= 0.3 is 6.18 Å². The number of rotatable bonds is 2. The van der Waals surface area contributed by atoms with Crippen molar-refractivity contribution >= 4 is 5.91 Å². The van der Waals surface area contributed by atoms with Gasteiger partial charge in [-0.3, -0.25) is 4.79 Å². The van der Waals surface area contributed by atoms with E-state index in [0.717, 1.165) is 6.42 Å². The highest BCUT2D eigenvalue weighted by Gasteiger charge is 2.43. The molecule has 1 amide bonds. The van der Waals surface area contributed by atoms with Gasteiger partial charge in [-0.2, -0.15) is 13.2 Å². The van der Waals surface area contributed by atoms with Gasteiger partial charge < -0.3 is 15.3 Å². The van der Waals surface area contributed by atoms with Gasteiger partial charge in [-0.25, -0.2) is 0 Å². The number of aliphatic hydroxyl groups excluding tert-OH is 1. The Bertz CT molecular complexity index is 352. The SMILES string of the molecule is CC(O)C1CCN(C(=O)C2CCC(C(F)(F)F)CN2)C1. The minimum atomic E-state index is -4.19. The van der Waals surface area contributed by atoms with E-state index in [1.807, 2.05) is 0 Å². The molecule has 4 atom stereocenters. The lowest BCUT2D eigenvalue weighted by molar-refractivity contribution is -0.180. The number of alkyl halides is 3. The standard InChI is InChI=1S/C13H21F3N2O2/c1-8(19)9-4-5-18(7-9)12(20)11-3-2-10(6-17-11)13(14,15)16/h8-11,17,19H,2-7H2,1H3. The van der Waals surface area contributed by atoms with E-state index < -0.39 is 24.2 Å². The van der Waals surface area contributed by atoms with Crippen molar-refractivity contribution < 1.29 is 23.1 Å². The van der Waals surface area contributed by atoms with Crippen molar-refractivity contribution in [1.29, 1.82) is 0 Å². The smallest absolute Gasteiger partial charge is 0.393 e. The van der Waals surface area contributed by atoms with Gasteiger partial charge in [0.15, 0.2) is 0 Å². The van der Waals surface area contributed by atoms with Crippen LogP contribution in [-0.2, 0) is 4.79 Å². The number of aliphatic hydroxyl groups is 1. The van der Waals surface area contributed by atoms with Gasteiger partial charge in [0.1, 0.15) is 0 Å². The van der Waals surface area contributed by atoms with Crippen molar-refractivity contribution in [3.8, 4) is 0 Å². The average molecular weight is 294 g/mol.